The molecule has 11 heavy (non-hydrogen) atoms. The molecule has 4 heteroatoms. The maximum absolute atomic E-state index is 12.2. The third-order valence-corrected chi connectivity index (χ3v) is 2.17. The monoisotopic (exact) mass is 182 g/mol. The third kappa shape index (κ3) is 2.40. The van der Waals surface area contributed by atoms with Crippen molar-refractivity contribution in [2.24, 2.45) is 5.92 Å². The van der Waals surface area contributed by atoms with Gasteiger partial charge in [0.15, 0.2) is 0 Å². The molecule has 1 aliphatic rings. The quantitative estimate of drug-likeness (QED) is 0.610. The van der Waals surface area contributed by atoms with Crippen molar-refractivity contribution in [2.75, 3.05) is 5.88 Å². The Bertz CT molecular complexity index is 170. The summed E-state index contributed by atoms with van der Waals surface area (Å²) in [6, 6.07) is 0. The maximum atomic E-state index is 12.2. The lowest BCUT2D eigenvalue weighted by atomic mass is 10.2. The summed E-state index contributed by atoms with van der Waals surface area (Å²) in [5, 5.41) is 0. The fourth-order valence-corrected chi connectivity index (χ4v) is 1.12. The van der Waals surface area contributed by atoms with Crippen LogP contribution >= 0.6 is 11.6 Å². The number of rotatable bonds is 4. The molecule has 1 saturated carbocycles. The van der Waals surface area contributed by atoms with Crippen molar-refractivity contribution >= 4 is 17.4 Å². The minimum Gasteiger partial charge on any atom is -0.298 e. The van der Waals surface area contributed by atoms with Gasteiger partial charge < -0.3 is 0 Å². The van der Waals surface area contributed by atoms with Crippen LogP contribution in [0.5, 0.6) is 0 Å². The largest absolute Gasteiger partial charge is 0.298 e. The topological polar surface area (TPSA) is 17.1 Å². The van der Waals surface area contributed by atoms with Gasteiger partial charge in [0, 0.05) is 18.8 Å². The molecule has 0 aromatic carbocycles. The summed E-state index contributed by atoms with van der Waals surface area (Å²) in [5.41, 5.74) is 0. The molecule has 0 bridgehead atoms. The second-order valence-corrected chi connectivity index (χ2v) is 3.14. The molecule has 1 fully saturated rings. The molecule has 1 rings (SSSR count). The molecule has 0 amide bonds. The van der Waals surface area contributed by atoms with Gasteiger partial charge in [-0.15, -0.1) is 11.6 Å². The number of alkyl halides is 3. The van der Waals surface area contributed by atoms with E-state index >= 15 is 0 Å². The van der Waals surface area contributed by atoms with Crippen LogP contribution in [0.25, 0.3) is 0 Å². The lowest BCUT2D eigenvalue weighted by Crippen LogP contribution is -2.01. The minimum atomic E-state index is -2.49. The summed E-state index contributed by atoms with van der Waals surface area (Å²) < 4.78 is 24.4. The van der Waals surface area contributed by atoms with E-state index in [0.29, 0.717) is 6.42 Å². The van der Waals surface area contributed by atoms with Gasteiger partial charge in [-0.3, -0.25) is 4.79 Å². The van der Waals surface area contributed by atoms with Crippen LogP contribution in [-0.2, 0) is 4.79 Å². The van der Waals surface area contributed by atoms with Gasteiger partial charge in [-0.25, -0.2) is 8.78 Å². The lowest BCUT2D eigenvalue weighted by molar-refractivity contribution is -0.116. The zero-order valence-corrected chi connectivity index (χ0v) is 6.70. The maximum Gasteiger partial charge on any atom is 0.251 e. The Balaban J connectivity index is 2.11. The Kier molecular flexibility index (Phi) is 2.47. The van der Waals surface area contributed by atoms with Gasteiger partial charge in [0.2, 0.25) is 0 Å². The summed E-state index contributed by atoms with van der Waals surface area (Å²) >= 11 is 5.19. The van der Waals surface area contributed by atoms with Crippen LogP contribution in [0.2, 0.25) is 0 Å². The number of carbonyl (C=O) groups excluding carboxylic acids is 1. The molecular weight excluding hydrogens is 174 g/mol. The highest BCUT2D eigenvalue weighted by Gasteiger charge is 2.55. The smallest absolute Gasteiger partial charge is 0.251 e. The summed E-state index contributed by atoms with van der Waals surface area (Å²) in [5.74, 6) is -3.26. The molecule has 0 saturated heterocycles. The Labute approximate surface area is 68.7 Å². The SMILES string of the molecule is O=C(CCl)CCC1CC1(F)F. The van der Waals surface area contributed by atoms with E-state index in [9.17, 15) is 13.6 Å². The normalized spacial score (nSPS) is 26.6. The first-order valence-electron chi connectivity index (χ1n) is 3.52. The van der Waals surface area contributed by atoms with Crippen LogP contribution in [0.15, 0.2) is 0 Å². The first-order valence-corrected chi connectivity index (χ1v) is 4.05. The Morgan fingerprint density at radius 2 is 2.18 bits per heavy atom. The van der Waals surface area contributed by atoms with E-state index in [1.54, 1.807) is 0 Å². The van der Waals surface area contributed by atoms with Crippen molar-refractivity contribution in [2.45, 2.75) is 25.2 Å². The molecule has 1 aliphatic carbocycles. The van der Waals surface area contributed by atoms with Crippen LogP contribution in [0, 0.1) is 5.92 Å². The van der Waals surface area contributed by atoms with Gasteiger partial charge in [-0.2, -0.15) is 0 Å². The molecule has 1 nitrogen and oxygen atoms in total. The van der Waals surface area contributed by atoms with E-state index in [4.69, 9.17) is 11.6 Å². The van der Waals surface area contributed by atoms with Crippen molar-refractivity contribution in [3.05, 3.63) is 0 Å². The van der Waals surface area contributed by atoms with Crippen LogP contribution in [0.3, 0.4) is 0 Å². The Morgan fingerprint density at radius 1 is 1.64 bits per heavy atom. The van der Waals surface area contributed by atoms with Crippen molar-refractivity contribution in [3.63, 3.8) is 0 Å². The van der Waals surface area contributed by atoms with Gasteiger partial charge in [0.1, 0.15) is 5.78 Å². The van der Waals surface area contributed by atoms with E-state index in [-0.39, 0.29) is 24.5 Å². The zero-order chi connectivity index (χ0) is 8.48. The van der Waals surface area contributed by atoms with Gasteiger partial charge in [0.25, 0.3) is 5.92 Å². The number of Topliss-reactive ketones (excluding diaryl/α,β-unsaturated/α-hetero) is 1. The molecule has 0 aromatic rings. The molecule has 0 aromatic heterocycles. The second-order valence-electron chi connectivity index (χ2n) is 2.87. The van der Waals surface area contributed by atoms with Crippen molar-refractivity contribution in [1.82, 2.24) is 0 Å². The van der Waals surface area contributed by atoms with Gasteiger partial charge >= 0.3 is 0 Å². The predicted octanol–water partition coefficient (Wildman–Crippen LogP) is 2.23. The summed E-state index contributed by atoms with van der Waals surface area (Å²) in [6.45, 7) is 0. The number of hydrogen-bond acceptors (Lipinski definition) is 1. The van der Waals surface area contributed by atoms with E-state index < -0.39 is 11.8 Å². The number of carbonyl (C=O) groups is 1. The van der Waals surface area contributed by atoms with Crippen LogP contribution in [0.1, 0.15) is 19.3 Å². The Hall–Kier alpha value is -0.180. The molecule has 1 atom stereocenters. The zero-order valence-electron chi connectivity index (χ0n) is 5.95. The second kappa shape index (κ2) is 3.05. The molecule has 0 heterocycles. The molecule has 0 spiro atoms. The highest BCUT2D eigenvalue weighted by molar-refractivity contribution is 6.27. The average molecular weight is 183 g/mol. The highest BCUT2D eigenvalue weighted by Crippen LogP contribution is 2.51. The van der Waals surface area contributed by atoms with Crippen LogP contribution in [0.4, 0.5) is 8.78 Å². The number of hydrogen-bond donors (Lipinski definition) is 0. The van der Waals surface area contributed by atoms with Gasteiger partial charge in [-0.05, 0) is 6.42 Å². The van der Waals surface area contributed by atoms with Crippen LogP contribution < -0.4 is 0 Å². The first-order chi connectivity index (χ1) is 5.06. The third-order valence-electron chi connectivity index (χ3n) is 1.88. The molecule has 64 valence electrons. The van der Waals surface area contributed by atoms with Crippen LogP contribution in [-0.4, -0.2) is 17.6 Å². The average Bonchev–Trinajstić information content (AvgIpc) is 2.54. The fourth-order valence-electron chi connectivity index (χ4n) is 0.985. The van der Waals surface area contributed by atoms with Crippen molar-refractivity contribution in [3.8, 4) is 0 Å². The van der Waals surface area contributed by atoms with Gasteiger partial charge in [-0.1, -0.05) is 0 Å². The summed E-state index contributed by atoms with van der Waals surface area (Å²) in [6.07, 6.45) is 0.435. The molecular formula is C7H9ClF2O. The molecule has 0 N–H and O–H groups in total. The molecule has 1 unspecified atom stereocenters. The molecule has 0 aliphatic heterocycles. The van der Waals surface area contributed by atoms with Crippen molar-refractivity contribution in [1.29, 1.82) is 0 Å². The predicted molar refractivity (Wildman–Crippen MR) is 38.0 cm³/mol. The van der Waals surface area contributed by atoms with E-state index in [1.165, 1.54) is 0 Å². The number of ketones is 1. The fraction of sp³-hybridized carbons (Fsp3) is 0.857. The van der Waals surface area contributed by atoms with E-state index in [1.807, 2.05) is 0 Å². The first kappa shape index (κ1) is 8.91. The standard InChI is InChI=1S/C7H9ClF2O/c8-4-6(11)2-1-5-3-7(5,9)10/h5H,1-4H2. The Morgan fingerprint density at radius 3 is 2.55 bits per heavy atom. The summed E-state index contributed by atoms with van der Waals surface area (Å²) in [4.78, 5) is 10.6. The van der Waals surface area contributed by atoms with E-state index in [0.717, 1.165) is 0 Å². The number of halogens is 3. The lowest BCUT2D eigenvalue weighted by Gasteiger charge is -1.95. The highest BCUT2D eigenvalue weighted by atomic mass is 35.5. The molecule has 0 radical (unpaired) electrons. The minimum absolute atomic E-state index is 0.0530. The van der Waals surface area contributed by atoms with Crippen molar-refractivity contribution < 1.29 is 13.6 Å². The summed E-state index contributed by atoms with van der Waals surface area (Å²) in [7, 11) is 0. The van der Waals surface area contributed by atoms with Gasteiger partial charge in [0.05, 0.1) is 5.88 Å². The van der Waals surface area contributed by atoms with E-state index in [2.05, 4.69) is 0 Å².